The van der Waals surface area contributed by atoms with Crippen molar-refractivity contribution in [2.45, 2.75) is 40.2 Å². The zero-order chi connectivity index (χ0) is 21.9. The molecule has 31 heavy (non-hydrogen) atoms. The van der Waals surface area contributed by atoms with E-state index in [1.807, 2.05) is 33.0 Å². The third-order valence-electron chi connectivity index (χ3n) is 4.86. The van der Waals surface area contributed by atoms with E-state index in [2.05, 4.69) is 32.7 Å². The first-order valence-corrected chi connectivity index (χ1v) is 10.3. The Kier molecular flexibility index (Phi) is 12.1. The summed E-state index contributed by atoms with van der Waals surface area (Å²) in [6.07, 6.45) is 3.74. The molecule has 0 aliphatic rings. The van der Waals surface area contributed by atoms with Gasteiger partial charge in [0.25, 0.3) is 0 Å². The molecule has 8 heteroatoms. The summed E-state index contributed by atoms with van der Waals surface area (Å²) in [5.41, 5.74) is 4.25. The summed E-state index contributed by atoms with van der Waals surface area (Å²) < 4.78 is 16.5. The van der Waals surface area contributed by atoms with Crippen LogP contribution in [0.3, 0.4) is 0 Å². The van der Waals surface area contributed by atoms with Crippen LogP contribution in [0.15, 0.2) is 29.4 Å². The van der Waals surface area contributed by atoms with Crippen LogP contribution >= 0.6 is 24.0 Å². The fourth-order valence-corrected chi connectivity index (χ4v) is 3.28. The highest BCUT2D eigenvalue weighted by molar-refractivity contribution is 14.0. The van der Waals surface area contributed by atoms with E-state index in [0.29, 0.717) is 13.2 Å². The minimum Gasteiger partial charge on any atom is -0.496 e. The first-order chi connectivity index (χ1) is 14.5. The molecule has 2 rings (SSSR count). The smallest absolute Gasteiger partial charge is 0.191 e. The number of hydrogen-bond donors (Lipinski definition) is 2. The van der Waals surface area contributed by atoms with E-state index in [1.54, 1.807) is 21.3 Å². The molecule has 0 saturated heterocycles. The summed E-state index contributed by atoms with van der Waals surface area (Å²) in [6, 6.07) is 6.09. The number of guanidine groups is 1. The number of benzene rings is 1. The van der Waals surface area contributed by atoms with Gasteiger partial charge in [-0.15, -0.1) is 24.0 Å². The van der Waals surface area contributed by atoms with Crippen LogP contribution in [-0.4, -0.2) is 45.4 Å². The quantitative estimate of drug-likeness (QED) is 0.204. The summed E-state index contributed by atoms with van der Waals surface area (Å²) in [4.78, 5) is 8.82. The highest BCUT2D eigenvalue weighted by Crippen LogP contribution is 2.28. The van der Waals surface area contributed by atoms with Gasteiger partial charge < -0.3 is 24.8 Å². The van der Waals surface area contributed by atoms with Crippen molar-refractivity contribution in [3.8, 4) is 17.2 Å². The fourth-order valence-electron chi connectivity index (χ4n) is 3.28. The van der Waals surface area contributed by atoms with Gasteiger partial charge in [0.2, 0.25) is 0 Å². The molecule has 0 saturated carbocycles. The number of halogens is 1. The van der Waals surface area contributed by atoms with Crippen molar-refractivity contribution in [3.63, 3.8) is 0 Å². The van der Waals surface area contributed by atoms with Crippen molar-refractivity contribution in [2.75, 3.05) is 34.4 Å². The number of ether oxygens (including phenoxy) is 3. The van der Waals surface area contributed by atoms with Gasteiger partial charge >= 0.3 is 0 Å². The van der Waals surface area contributed by atoms with E-state index in [4.69, 9.17) is 14.2 Å². The molecule has 172 valence electrons. The number of methoxy groups -OCH3 is 2. The summed E-state index contributed by atoms with van der Waals surface area (Å²) in [6.45, 7) is 7.99. The molecule has 0 atom stereocenters. The van der Waals surface area contributed by atoms with Crippen molar-refractivity contribution in [2.24, 2.45) is 4.99 Å². The third-order valence-corrected chi connectivity index (χ3v) is 4.86. The van der Waals surface area contributed by atoms with Crippen molar-refractivity contribution < 1.29 is 14.2 Å². The van der Waals surface area contributed by atoms with Gasteiger partial charge in [-0.3, -0.25) is 9.98 Å². The summed E-state index contributed by atoms with van der Waals surface area (Å²) in [5.74, 6) is 3.19. The maximum absolute atomic E-state index is 5.65. The highest BCUT2D eigenvalue weighted by atomic mass is 127. The lowest BCUT2D eigenvalue weighted by Gasteiger charge is -2.15. The number of nitrogens with one attached hydrogen (secondary N) is 2. The van der Waals surface area contributed by atoms with Crippen LogP contribution < -0.4 is 24.8 Å². The van der Waals surface area contributed by atoms with E-state index in [9.17, 15) is 0 Å². The van der Waals surface area contributed by atoms with E-state index < -0.39 is 0 Å². The normalized spacial score (nSPS) is 10.8. The Morgan fingerprint density at radius 3 is 2.52 bits per heavy atom. The van der Waals surface area contributed by atoms with Gasteiger partial charge in [0, 0.05) is 30.9 Å². The summed E-state index contributed by atoms with van der Waals surface area (Å²) in [5, 5.41) is 6.68. The second-order valence-electron chi connectivity index (χ2n) is 6.92. The van der Waals surface area contributed by atoms with Gasteiger partial charge in [0.1, 0.15) is 5.75 Å². The molecule has 1 aromatic carbocycles. The fraction of sp³-hybridized carbons (Fsp3) is 0.478. The van der Waals surface area contributed by atoms with E-state index in [-0.39, 0.29) is 24.0 Å². The van der Waals surface area contributed by atoms with E-state index in [1.165, 1.54) is 5.56 Å². The Morgan fingerprint density at radius 1 is 1.10 bits per heavy atom. The number of hydrogen-bond acceptors (Lipinski definition) is 5. The number of nitrogens with zero attached hydrogens (tertiary/aromatic N) is 2. The minimum atomic E-state index is 0. The molecule has 0 aliphatic carbocycles. The molecular formula is C23H35IN4O3. The largest absolute Gasteiger partial charge is 0.496 e. The van der Waals surface area contributed by atoms with Crippen LogP contribution in [-0.2, 0) is 13.0 Å². The maximum atomic E-state index is 5.65. The van der Waals surface area contributed by atoms with Gasteiger partial charge in [0.15, 0.2) is 17.5 Å². The van der Waals surface area contributed by atoms with E-state index >= 15 is 0 Å². The summed E-state index contributed by atoms with van der Waals surface area (Å²) >= 11 is 0. The SMILES string of the molecule is CCOc1cc(CCCNC(=NC)NCc2ncc(C)c(OC)c2C)ccc1OC.I. The van der Waals surface area contributed by atoms with Crippen molar-refractivity contribution >= 4 is 29.9 Å². The van der Waals surface area contributed by atoms with E-state index in [0.717, 1.165) is 59.4 Å². The zero-order valence-corrected chi connectivity index (χ0v) is 21.7. The molecule has 0 unspecified atom stereocenters. The molecule has 0 spiro atoms. The van der Waals surface area contributed by atoms with Crippen molar-refractivity contribution in [1.29, 1.82) is 0 Å². The lowest BCUT2D eigenvalue weighted by Crippen LogP contribution is -2.37. The number of pyridine rings is 1. The monoisotopic (exact) mass is 542 g/mol. The molecule has 7 nitrogen and oxygen atoms in total. The van der Waals surface area contributed by atoms with Crippen LogP contribution in [0.1, 0.15) is 35.7 Å². The molecule has 2 aromatic rings. The predicted octanol–water partition coefficient (Wildman–Crippen LogP) is 4.03. The highest BCUT2D eigenvalue weighted by Gasteiger charge is 2.10. The van der Waals surface area contributed by atoms with Crippen LogP contribution in [0.4, 0.5) is 0 Å². The number of aliphatic imine (C=N–C) groups is 1. The Morgan fingerprint density at radius 2 is 1.87 bits per heavy atom. The first kappa shape index (κ1) is 26.8. The zero-order valence-electron chi connectivity index (χ0n) is 19.4. The number of aromatic nitrogens is 1. The Balaban J connectivity index is 0.00000480. The third kappa shape index (κ3) is 7.75. The molecule has 0 amide bonds. The molecule has 1 aromatic heterocycles. The average Bonchev–Trinajstić information content (AvgIpc) is 2.75. The Labute approximate surface area is 203 Å². The van der Waals surface area contributed by atoms with Crippen molar-refractivity contribution in [3.05, 3.63) is 46.8 Å². The molecule has 2 N–H and O–H groups in total. The lowest BCUT2D eigenvalue weighted by molar-refractivity contribution is 0.310. The van der Waals surface area contributed by atoms with Crippen molar-refractivity contribution in [1.82, 2.24) is 15.6 Å². The average molecular weight is 542 g/mol. The topological polar surface area (TPSA) is 77.0 Å². The van der Waals surface area contributed by atoms with Crippen LogP contribution in [0.2, 0.25) is 0 Å². The van der Waals surface area contributed by atoms with Gasteiger partial charge in [-0.05, 0) is 51.3 Å². The molecule has 1 heterocycles. The molecule has 0 bridgehead atoms. The Bertz CT molecular complexity index is 859. The van der Waals surface area contributed by atoms with Crippen LogP contribution in [0.5, 0.6) is 17.2 Å². The molecule has 0 aliphatic heterocycles. The molecule has 0 fully saturated rings. The van der Waals surface area contributed by atoms with Gasteiger partial charge in [-0.25, -0.2) is 0 Å². The first-order valence-electron chi connectivity index (χ1n) is 10.3. The number of rotatable bonds is 10. The molecular weight excluding hydrogens is 507 g/mol. The summed E-state index contributed by atoms with van der Waals surface area (Å²) in [7, 11) is 5.11. The van der Waals surface area contributed by atoms with Gasteiger partial charge in [-0.2, -0.15) is 0 Å². The molecule has 0 radical (unpaired) electrons. The van der Waals surface area contributed by atoms with Crippen LogP contribution in [0.25, 0.3) is 0 Å². The second-order valence-corrected chi connectivity index (χ2v) is 6.92. The van der Waals surface area contributed by atoms with Gasteiger partial charge in [-0.1, -0.05) is 6.07 Å². The van der Waals surface area contributed by atoms with Crippen LogP contribution in [0, 0.1) is 13.8 Å². The second kappa shape index (κ2) is 14.0. The number of aryl methyl sites for hydroxylation is 2. The Hall–Kier alpha value is -2.23. The predicted molar refractivity (Wildman–Crippen MR) is 136 cm³/mol. The lowest BCUT2D eigenvalue weighted by atomic mass is 10.1. The minimum absolute atomic E-state index is 0. The van der Waals surface area contributed by atoms with Gasteiger partial charge in [0.05, 0.1) is 33.1 Å². The maximum Gasteiger partial charge on any atom is 0.191 e. The standard InChI is InChI=1S/C23H34N4O3.HI/c1-7-30-21-13-18(10-11-20(21)28-5)9-8-12-25-23(24-4)27-15-19-17(3)22(29-6)16(2)14-26-19;/h10-11,13-14H,7-9,12,15H2,1-6H3,(H2,24,25,27);1H.